The summed E-state index contributed by atoms with van der Waals surface area (Å²) in [5.74, 6) is 0.591. The molecule has 0 amide bonds. The molecule has 2 N–H and O–H groups in total. The summed E-state index contributed by atoms with van der Waals surface area (Å²) in [4.78, 5) is 4.45. The molecule has 28 heavy (non-hydrogen) atoms. The van der Waals surface area contributed by atoms with Crippen LogP contribution in [0.5, 0.6) is 0 Å². The first-order valence-electron chi connectivity index (χ1n) is 9.26. The lowest BCUT2D eigenvalue weighted by Crippen LogP contribution is -2.38. The van der Waals surface area contributed by atoms with E-state index in [-0.39, 0.29) is 36.3 Å². The predicted molar refractivity (Wildman–Crippen MR) is 123 cm³/mol. The Labute approximate surface area is 185 Å². The molecule has 0 spiro atoms. The lowest BCUT2D eigenvalue weighted by atomic mass is 10.1. The normalized spacial score (nSPS) is 12.0. The number of nitrogens with zero attached hydrogens (tertiary/aromatic N) is 1. The third-order valence-corrected chi connectivity index (χ3v) is 4.38. The van der Waals surface area contributed by atoms with Crippen LogP contribution in [-0.4, -0.2) is 46.9 Å². The molecule has 0 aliphatic carbocycles. The fourth-order valence-corrected chi connectivity index (χ4v) is 3.22. The molecular weight excluding hydrogens is 496 g/mol. The molecule has 0 heterocycles. The summed E-state index contributed by atoms with van der Waals surface area (Å²) >= 11 is 0. The van der Waals surface area contributed by atoms with E-state index in [2.05, 4.69) is 29.5 Å². The first-order chi connectivity index (χ1) is 12.7. The van der Waals surface area contributed by atoms with Crippen LogP contribution in [0.15, 0.2) is 23.2 Å². The van der Waals surface area contributed by atoms with Gasteiger partial charge in [-0.3, -0.25) is 0 Å². The Morgan fingerprint density at radius 3 is 2.57 bits per heavy atom. The average molecular weight is 529 g/mol. The van der Waals surface area contributed by atoms with Crippen LogP contribution in [0.1, 0.15) is 38.3 Å². The standard InChI is InChI=1S/C19H32FN3O3S.HI/c1-5-21-19(22-9-6-10-26-13-15(2)3)23-12-17-11-18(20)8-7-16(17)14-27(4,24)25;/h7-8,11,15H,5-6,9-10,12-14H2,1-4H3,(H2,21,22,23);1H. The lowest BCUT2D eigenvalue weighted by molar-refractivity contribution is 0.108. The molecule has 0 bridgehead atoms. The van der Waals surface area contributed by atoms with Crippen LogP contribution >= 0.6 is 24.0 Å². The first-order valence-corrected chi connectivity index (χ1v) is 11.3. The van der Waals surface area contributed by atoms with Crippen LogP contribution in [0, 0.1) is 11.7 Å². The van der Waals surface area contributed by atoms with Gasteiger partial charge in [0.05, 0.1) is 12.3 Å². The Morgan fingerprint density at radius 1 is 1.25 bits per heavy atom. The molecule has 1 aromatic carbocycles. The summed E-state index contributed by atoms with van der Waals surface area (Å²) in [5, 5.41) is 6.34. The molecule has 0 radical (unpaired) electrons. The number of halogens is 2. The van der Waals surface area contributed by atoms with Crippen LogP contribution in [0.4, 0.5) is 4.39 Å². The van der Waals surface area contributed by atoms with Crippen molar-refractivity contribution in [1.29, 1.82) is 0 Å². The first kappa shape index (κ1) is 27.1. The minimum Gasteiger partial charge on any atom is -0.381 e. The molecule has 0 saturated heterocycles. The van der Waals surface area contributed by atoms with E-state index >= 15 is 0 Å². The van der Waals surface area contributed by atoms with Crippen molar-refractivity contribution in [1.82, 2.24) is 10.6 Å². The van der Waals surface area contributed by atoms with Crippen LogP contribution in [0.2, 0.25) is 0 Å². The molecule has 0 aromatic heterocycles. The molecule has 162 valence electrons. The van der Waals surface area contributed by atoms with Crippen molar-refractivity contribution in [3.8, 4) is 0 Å². The van der Waals surface area contributed by atoms with E-state index in [1.54, 1.807) is 0 Å². The Balaban J connectivity index is 0.00000729. The molecule has 0 aliphatic heterocycles. The summed E-state index contributed by atoms with van der Waals surface area (Å²) in [6, 6.07) is 4.12. The van der Waals surface area contributed by atoms with Gasteiger partial charge in [0.1, 0.15) is 5.82 Å². The average Bonchev–Trinajstić information content (AvgIpc) is 2.56. The predicted octanol–water partition coefficient (Wildman–Crippen LogP) is 3.11. The minimum absolute atomic E-state index is 0. The zero-order valence-corrected chi connectivity index (χ0v) is 20.3. The second-order valence-electron chi connectivity index (χ2n) is 6.93. The maximum absolute atomic E-state index is 13.6. The number of ether oxygens (including phenoxy) is 1. The van der Waals surface area contributed by atoms with Crippen LogP contribution in [-0.2, 0) is 26.9 Å². The quantitative estimate of drug-likeness (QED) is 0.199. The highest BCUT2D eigenvalue weighted by atomic mass is 127. The third kappa shape index (κ3) is 12.5. The third-order valence-electron chi connectivity index (χ3n) is 3.55. The van der Waals surface area contributed by atoms with E-state index < -0.39 is 15.7 Å². The summed E-state index contributed by atoms with van der Waals surface area (Å²) in [5.41, 5.74) is 1.14. The Hall–Kier alpha value is -0.940. The van der Waals surface area contributed by atoms with Crippen molar-refractivity contribution >= 4 is 39.8 Å². The highest BCUT2D eigenvalue weighted by Crippen LogP contribution is 2.15. The smallest absolute Gasteiger partial charge is 0.191 e. The molecule has 0 atom stereocenters. The van der Waals surface area contributed by atoms with Gasteiger partial charge in [-0.15, -0.1) is 24.0 Å². The number of nitrogens with one attached hydrogen (secondary N) is 2. The van der Waals surface area contributed by atoms with E-state index in [0.29, 0.717) is 42.7 Å². The van der Waals surface area contributed by atoms with E-state index in [9.17, 15) is 12.8 Å². The van der Waals surface area contributed by atoms with E-state index in [0.717, 1.165) is 19.3 Å². The minimum atomic E-state index is -3.21. The topological polar surface area (TPSA) is 79.8 Å². The van der Waals surface area contributed by atoms with Crippen molar-refractivity contribution in [2.24, 2.45) is 10.9 Å². The molecule has 1 aromatic rings. The molecule has 0 unspecified atom stereocenters. The van der Waals surface area contributed by atoms with Gasteiger partial charge in [-0.05, 0) is 42.5 Å². The highest BCUT2D eigenvalue weighted by molar-refractivity contribution is 14.0. The fourth-order valence-electron chi connectivity index (χ4n) is 2.37. The van der Waals surface area contributed by atoms with Crippen LogP contribution in [0.3, 0.4) is 0 Å². The monoisotopic (exact) mass is 529 g/mol. The summed E-state index contributed by atoms with van der Waals surface area (Å²) < 4.78 is 42.3. The molecule has 6 nitrogen and oxygen atoms in total. The van der Waals surface area contributed by atoms with Gasteiger partial charge in [-0.2, -0.15) is 0 Å². The molecule has 0 aliphatic rings. The summed E-state index contributed by atoms with van der Waals surface area (Å²) in [6.07, 6.45) is 2.01. The summed E-state index contributed by atoms with van der Waals surface area (Å²) in [7, 11) is -3.21. The number of aliphatic imine (C=N–C) groups is 1. The molecule has 0 fully saturated rings. The van der Waals surface area contributed by atoms with Crippen molar-refractivity contribution < 1.29 is 17.5 Å². The van der Waals surface area contributed by atoms with Gasteiger partial charge in [-0.1, -0.05) is 19.9 Å². The van der Waals surface area contributed by atoms with Gasteiger partial charge in [0.15, 0.2) is 15.8 Å². The summed E-state index contributed by atoms with van der Waals surface area (Å²) in [6.45, 7) is 9.18. The SMILES string of the molecule is CCNC(=NCc1cc(F)ccc1CS(C)(=O)=O)NCCCOCC(C)C.I. The molecule has 1 rings (SSSR count). The van der Waals surface area contributed by atoms with Crippen molar-refractivity contribution in [2.45, 2.75) is 39.5 Å². The Bertz CT molecular complexity index is 712. The number of sulfone groups is 1. The lowest BCUT2D eigenvalue weighted by Gasteiger charge is -2.13. The van der Waals surface area contributed by atoms with Crippen molar-refractivity contribution in [2.75, 3.05) is 32.6 Å². The van der Waals surface area contributed by atoms with Crippen LogP contribution < -0.4 is 10.6 Å². The van der Waals surface area contributed by atoms with Crippen LogP contribution in [0.25, 0.3) is 0 Å². The number of hydrogen-bond donors (Lipinski definition) is 2. The Morgan fingerprint density at radius 2 is 1.96 bits per heavy atom. The number of hydrogen-bond acceptors (Lipinski definition) is 4. The van der Waals surface area contributed by atoms with Gasteiger partial charge in [0.2, 0.25) is 0 Å². The molecule has 0 saturated carbocycles. The molecular formula is C19H33FIN3O3S. The van der Waals surface area contributed by atoms with Gasteiger partial charge in [0.25, 0.3) is 0 Å². The number of benzene rings is 1. The van der Waals surface area contributed by atoms with Gasteiger partial charge in [-0.25, -0.2) is 17.8 Å². The maximum Gasteiger partial charge on any atom is 0.191 e. The molecule has 9 heteroatoms. The number of rotatable bonds is 11. The second-order valence-corrected chi connectivity index (χ2v) is 9.07. The second kappa shape index (κ2) is 14.1. The zero-order chi connectivity index (χ0) is 20.3. The zero-order valence-electron chi connectivity index (χ0n) is 17.1. The Kier molecular flexibility index (Phi) is 13.6. The maximum atomic E-state index is 13.6. The highest BCUT2D eigenvalue weighted by Gasteiger charge is 2.10. The van der Waals surface area contributed by atoms with Gasteiger partial charge >= 0.3 is 0 Å². The van der Waals surface area contributed by atoms with Crippen molar-refractivity contribution in [3.05, 3.63) is 35.1 Å². The van der Waals surface area contributed by atoms with E-state index in [4.69, 9.17) is 4.74 Å². The van der Waals surface area contributed by atoms with Crippen molar-refractivity contribution in [3.63, 3.8) is 0 Å². The van der Waals surface area contributed by atoms with Gasteiger partial charge in [0, 0.05) is 32.6 Å². The van der Waals surface area contributed by atoms with E-state index in [1.807, 2.05) is 6.92 Å². The number of guanidine groups is 1. The van der Waals surface area contributed by atoms with E-state index in [1.165, 1.54) is 18.2 Å². The van der Waals surface area contributed by atoms with Gasteiger partial charge < -0.3 is 15.4 Å². The fraction of sp³-hybridized carbons (Fsp3) is 0.632. The largest absolute Gasteiger partial charge is 0.381 e.